The molecule has 0 fully saturated rings. The smallest absolute Gasteiger partial charge is 0.251 e. The van der Waals surface area contributed by atoms with Gasteiger partial charge < -0.3 is 4.98 Å². The first-order valence-corrected chi connectivity index (χ1v) is 6.99. The normalized spacial score (nSPS) is 12.5. The van der Waals surface area contributed by atoms with Gasteiger partial charge in [0.25, 0.3) is 5.56 Å². The van der Waals surface area contributed by atoms with E-state index in [1.807, 2.05) is 34.6 Å². The predicted molar refractivity (Wildman–Crippen MR) is 82.1 cm³/mol. The zero-order valence-electron chi connectivity index (χ0n) is 13.1. The molecule has 21 heavy (non-hydrogen) atoms. The van der Waals surface area contributed by atoms with E-state index in [1.165, 1.54) is 18.2 Å². The molecule has 0 atom stereocenters. The van der Waals surface area contributed by atoms with Crippen LogP contribution in [0.4, 0.5) is 4.39 Å². The van der Waals surface area contributed by atoms with E-state index in [0.29, 0.717) is 5.82 Å². The second-order valence-corrected chi connectivity index (χ2v) is 6.86. The van der Waals surface area contributed by atoms with Gasteiger partial charge in [-0.05, 0) is 31.5 Å². The molecule has 0 saturated carbocycles. The van der Waals surface area contributed by atoms with Gasteiger partial charge in [0.2, 0.25) is 0 Å². The number of rotatable bonds is 2. The van der Waals surface area contributed by atoms with Crippen molar-refractivity contribution in [2.45, 2.75) is 45.4 Å². The molecule has 0 radical (unpaired) electrons. The van der Waals surface area contributed by atoms with Crippen molar-refractivity contribution in [1.29, 1.82) is 0 Å². The monoisotopic (exact) mass is 288 g/mol. The van der Waals surface area contributed by atoms with Crippen LogP contribution in [0.1, 0.15) is 51.7 Å². The number of benzene rings is 1. The highest BCUT2D eigenvalue weighted by Gasteiger charge is 2.28. The Morgan fingerprint density at radius 1 is 1.05 bits per heavy atom. The summed E-state index contributed by atoms with van der Waals surface area (Å²) in [5.41, 5.74) is 0.769. The molecule has 3 nitrogen and oxygen atoms in total. The quantitative estimate of drug-likeness (QED) is 0.918. The zero-order valence-corrected chi connectivity index (χ0v) is 13.1. The van der Waals surface area contributed by atoms with Gasteiger partial charge >= 0.3 is 0 Å². The van der Waals surface area contributed by atoms with Gasteiger partial charge in [-0.2, -0.15) is 0 Å². The molecule has 1 N–H and O–H groups in total. The van der Waals surface area contributed by atoms with Crippen molar-refractivity contribution in [2.24, 2.45) is 0 Å². The number of aromatic nitrogens is 2. The summed E-state index contributed by atoms with van der Waals surface area (Å²) >= 11 is 0. The van der Waals surface area contributed by atoms with Crippen LogP contribution in [0.3, 0.4) is 0 Å². The fourth-order valence-electron chi connectivity index (χ4n) is 2.14. The molecule has 4 heteroatoms. The fourth-order valence-corrected chi connectivity index (χ4v) is 2.14. The summed E-state index contributed by atoms with van der Waals surface area (Å²) in [5.74, 6) is 0.311. The largest absolute Gasteiger partial charge is 0.310 e. The van der Waals surface area contributed by atoms with Gasteiger partial charge in [-0.15, -0.1) is 0 Å². The van der Waals surface area contributed by atoms with E-state index >= 15 is 0 Å². The minimum atomic E-state index is -0.506. The Labute approximate surface area is 124 Å². The van der Waals surface area contributed by atoms with E-state index in [0.717, 1.165) is 11.3 Å². The van der Waals surface area contributed by atoms with Gasteiger partial charge in [0, 0.05) is 16.9 Å². The molecule has 0 saturated heterocycles. The summed E-state index contributed by atoms with van der Waals surface area (Å²) in [6, 6.07) is 7.81. The van der Waals surface area contributed by atoms with Crippen LogP contribution in [0.5, 0.6) is 0 Å². The lowest BCUT2D eigenvalue weighted by Gasteiger charge is -2.26. The number of nitrogens with zero attached hydrogens (tertiary/aromatic N) is 1. The molecule has 0 spiro atoms. The van der Waals surface area contributed by atoms with Gasteiger partial charge in [0.05, 0.1) is 5.69 Å². The molecule has 0 bridgehead atoms. The summed E-state index contributed by atoms with van der Waals surface area (Å²) in [6.07, 6.45) is 0. The Kier molecular flexibility index (Phi) is 3.74. The second kappa shape index (κ2) is 5.10. The van der Waals surface area contributed by atoms with E-state index in [2.05, 4.69) is 9.97 Å². The molecular weight excluding hydrogens is 267 g/mol. The molecule has 0 aliphatic carbocycles. The number of H-pyrrole nitrogens is 1. The van der Waals surface area contributed by atoms with Gasteiger partial charge in [-0.1, -0.05) is 32.9 Å². The molecule has 0 aliphatic heterocycles. The van der Waals surface area contributed by atoms with Crippen molar-refractivity contribution in [3.05, 3.63) is 63.6 Å². The van der Waals surface area contributed by atoms with Gasteiger partial charge in [0.15, 0.2) is 0 Å². The molecular formula is C17H21FN2O. The summed E-state index contributed by atoms with van der Waals surface area (Å²) in [4.78, 5) is 19.4. The molecule has 0 amide bonds. The lowest BCUT2D eigenvalue weighted by atomic mass is 9.83. The van der Waals surface area contributed by atoms with Crippen molar-refractivity contribution in [3.8, 4) is 0 Å². The standard InChI is InChI=1S/C17H21FN2O/c1-16(2,3)13-10-14(21)20-15(19-13)17(4,5)11-6-8-12(18)9-7-11/h6-10H,1-5H3,(H,19,20,21). The average Bonchev–Trinajstić information content (AvgIpc) is 2.37. The van der Waals surface area contributed by atoms with E-state index in [1.54, 1.807) is 12.1 Å². The number of hydrogen-bond donors (Lipinski definition) is 1. The molecule has 1 aromatic carbocycles. The lowest BCUT2D eigenvalue weighted by Crippen LogP contribution is -2.29. The zero-order chi connectivity index (χ0) is 15.8. The van der Waals surface area contributed by atoms with Gasteiger partial charge in [-0.25, -0.2) is 9.37 Å². The highest BCUT2D eigenvalue weighted by molar-refractivity contribution is 5.31. The Bertz CT molecular complexity index is 694. The van der Waals surface area contributed by atoms with Crippen LogP contribution in [-0.4, -0.2) is 9.97 Å². The molecule has 1 aromatic heterocycles. The van der Waals surface area contributed by atoms with Crippen molar-refractivity contribution < 1.29 is 4.39 Å². The number of aromatic amines is 1. The average molecular weight is 288 g/mol. The van der Waals surface area contributed by atoms with Crippen LogP contribution in [0.2, 0.25) is 0 Å². The van der Waals surface area contributed by atoms with Crippen molar-refractivity contribution in [2.75, 3.05) is 0 Å². The van der Waals surface area contributed by atoms with Crippen molar-refractivity contribution in [1.82, 2.24) is 9.97 Å². The fraction of sp³-hybridized carbons (Fsp3) is 0.412. The molecule has 0 unspecified atom stereocenters. The van der Waals surface area contributed by atoms with E-state index in [4.69, 9.17) is 0 Å². The Balaban J connectivity index is 2.57. The SMILES string of the molecule is CC(C)(C)c1cc(=O)[nH]c(C(C)(C)c2ccc(F)cc2)n1. The van der Waals surface area contributed by atoms with E-state index < -0.39 is 5.41 Å². The molecule has 1 heterocycles. The lowest BCUT2D eigenvalue weighted by molar-refractivity contribution is 0.530. The summed E-state index contributed by atoms with van der Waals surface area (Å²) in [6.45, 7) is 9.98. The first kappa shape index (κ1) is 15.4. The third kappa shape index (κ3) is 3.20. The summed E-state index contributed by atoms with van der Waals surface area (Å²) < 4.78 is 13.1. The van der Waals surface area contributed by atoms with Crippen LogP contribution in [0.25, 0.3) is 0 Å². The summed E-state index contributed by atoms with van der Waals surface area (Å²) in [7, 11) is 0. The first-order chi connectivity index (χ1) is 9.60. The maximum atomic E-state index is 13.1. The number of nitrogens with one attached hydrogen (secondary N) is 1. The predicted octanol–water partition coefficient (Wildman–Crippen LogP) is 3.53. The minimum Gasteiger partial charge on any atom is -0.310 e. The van der Waals surface area contributed by atoms with Crippen LogP contribution in [-0.2, 0) is 10.8 Å². The van der Waals surface area contributed by atoms with Crippen molar-refractivity contribution >= 4 is 0 Å². The van der Waals surface area contributed by atoms with Gasteiger partial charge in [-0.3, -0.25) is 4.79 Å². The Morgan fingerprint density at radius 2 is 1.62 bits per heavy atom. The van der Waals surface area contributed by atoms with Gasteiger partial charge in [0.1, 0.15) is 11.6 Å². The highest BCUT2D eigenvalue weighted by Crippen LogP contribution is 2.29. The first-order valence-electron chi connectivity index (χ1n) is 6.99. The Morgan fingerprint density at radius 3 is 2.14 bits per heavy atom. The second-order valence-electron chi connectivity index (χ2n) is 6.86. The third-order valence-electron chi connectivity index (χ3n) is 3.67. The molecule has 2 aromatic rings. The molecule has 0 aliphatic rings. The number of halogens is 1. The van der Waals surface area contributed by atoms with E-state index in [-0.39, 0.29) is 16.8 Å². The number of hydrogen-bond acceptors (Lipinski definition) is 2. The highest BCUT2D eigenvalue weighted by atomic mass is 19.1. The Hall–Kier alpha value is -1.97. The van der Waals surface area contributed by atoms with Crippen LogP contribution in [0, 0.1) is 5.82 Å². The minimum absolute atomic E-state index is 0.167. The van der Waals surface area contributed by atoms with Crippen molar-refractivity contribution in [3.63, 3.8) is 0 Å². The van der Waals surface area contributed by atoms with Crippen LogP contribution < -0.4 is 5.56 Å². The molecule has 112 valence electrons. The van der Waals surface area contributed by atoms with Crippen LogP contribution >= 0.6 is 0 Å². The van der Waals surface area contributed by atoms with E-state index in [9.17, 15) is 9.18 Å². The summed E-state index contributed by atoms with van der Waals surface area (Å²) in [5, 5.41) is 0. The topological polar surface area (TPSA) is 45.8 Å². The van der Waals surface area contributed by atoms with Crippen LogP contribution in [0.15, 0.2) is 35.1 Å². The maximum absolute atomic E-state index is 13.1. The maximum Gasteiger partial charge on any atom is 0.251 e. The third-order valence-corrected chi connectivity index (χ3v) is 3.67. The molecule has 2 rings (SSSR count).